The highest BCUT2D eigenvalue weighted by Crippen LogP contribution is 2.39. The quantitative estimate of drug-likeness (QED) is 0.766. The highest BCUT2D eigenvalue weighted by Gasteiger charge is 2.26. The molecular formula is C17H21N3S. The summed E-state index contributed by atoms with van der Waals surface area (Å²) >= 11 is 1.79. The maximum absolute atomic E-state index is 4.75. The van der Waals surface area contributed by atoms with Crippen molar-refractivity contribution in [3.05, 3.63) is 47.9 Å². The Morgan fingerprint density at radius 1 is 1.19 bits per heavy atom. The summed E-state index contributed by atoms with van der Waals surface area (Å²) in [5.41, 5.74) is 1.22. The van der Waals surface area contributed by atoms with Crippen molar-refractivity contribution in [2.24, 2.45) is 0 Å². The van der Waals surface area contributed by atoms with Crippen LogP contribution in [0.1, 0.15) is 43.6 Å². The van der Waals surface area contributed by atoms with Crippen LogP contribution in [0.3, 0.4) is 0 Å². The lowest BCUT2D eigenvalue weighted by atomic mass is 10.2. The number of aromatic nitrogens is 2. The molecule has 1 heterocycles. The van der Waals surface area contributed by atoms with Gasteiger partial charge in [-0.25, -0.2) is 9.97 Å². The molecule has 1 aliphatic rings. The third-order valence-electron chi connectivity index (χ3n) is 3.46. The maximum atomic E-state index is 4.75. The molecule has 0 saturated heterocycles. The Kier molecular flexibility index (Phi) is 4.76. The van der Waals surface area contributed by atoms with E-state index in [0.717, 1.165) is 30.4 Å². The van der Waals surface area contributed by atoms with E-state index in [1.807, 2.05) is 6.07 Å². The van der Waals surface area contributed by atoms with Crippen molar-refractivity contribution in [2.45, 2.75) is 42.8 Å². The molecule has 0 amide bonds. The molecule has 110 valence electrons. The summed E-state index contributed by atoms with van der Waals surface area (Å²) in [4.78, 5) is 10.7. The molecule has 2 aromatic rings. The Labute approximate surface area is 130 Å². The van der Waals surface area contributed by atoms with Gasteiger partial charge in [0.1, 0.15) is 11.6 Å². The predicted molar refractivity (Wildman–Crippen MR) is 88.8 cm³/mol. The van der Waals surface area contributed by atoms with Gasteiger partial charge in [0.25, 0.3) is 0 Å². The zero-order valence-electron chi connectivity index (χ0n) is 12.4. The zero-order chi connectivity index (χ0) is 14.5. The molecule has 1 aromatic carbocycles. The molecule has 0 aliphatic heterocycles. The maximum Gasteiger partial charge on any atom is 0.141 e. The van der Waals surface area contributed by atoms with Crippen LogP contribution in [0.2, 0.25) is 0 Å². The van der Waals surface area contributed by atoms with Gasteiger partial charge in [0.2, 0.25) is 0 Å². The lowest BCUT2D eigenvalue weighted by Crippen LogP contribution is -2.06. The van der Waals surface area contributed by atoms with E-state index in [2.05, 4.69) is 47.6 Å². The molecule has 0 spiro atoms. The fourth-order valence-electron chi connectivity index (χ4n) is 2.18. The highest BCUT2D eigenvalue weighted by atomic mass is 32.2. The van der Waals surface area contributed by atoms with Crippen LogP contribution in [0, 0.1) is 0 Å². The van der Waals surface area contributed by atoms with Crippen molar-refractivity contribution in [1.82, 2.24) is 9.97 Å². The lowest BCUT2D eigenvalue weighted by molar-refractivity contribution is 0.911. The first-order valence-corrected chi connectivity index (χ1v) is 8.63. The summed E-state index contributed by atoms with van der Waals surface area (Å²) in [6.07, 6.45) is 3.65. The minimum Gasteiger partial charge on any atom is -0.370 e. The van der Waals surface area contributed by atoms with Crippen LogP contribution in [0.4, 0.5) is 5.82 Å². The first-order chi connectivity index (χ1) is 10.3. The third-order valence-corrected chi connectivity index (χ3v) is 4.46. The van der Waals surface area contributed by atoms with E-state index < -0.39 is 0 Å². The largest absolute Gasteiger partial charge is 0.370 e. The minimum absolute atomic E-state index is 0.663. The molecule has 3 rings (SSSR count). The van der Waals surface area contributed by atoms with Gasteiger partial charge in [-0.1, -0.05) is 25.1 Å². The van der Waals surface area contributed by atoms with Crippen LogP contribution in [0.5, 0.6) is 0 Å². The van der Waals surface area contributed by atoms with Crippen molar-refractivity contribution in [3.63, 3.8) is 0 Å². The number of hydrogen-bond donors (Lipinski definition) is 1. The highest BCUT2D eigenvalue weighted by molar-refractivity contribution is 7.98. The van der Waals surface area contributed by atoms with E-state index >= 15 is 0 Å². The van der Waals surface area contributed by atoms with E-state index in [4.69, 9.17) is 4.98 Å². The lowest BCUT2D eigenvalue weighted by Gasteiger charge is -2.09. The van der Waals surface area contributed by atoms with Crippen molar-refractivity contribution >= 4 is 17.6 Å². The van der Waals surface area contributed by atoms with Crippen LogP contribution in [-0.4, -0.2) is 16.5 Å². The molecule has 1 aromatic heterocycles. The summed E-state index contributed by atoms with van der Waals surface area (Å²) in [7, 11) is 0. The smallest absolute Gasteiger partial charge is 0.141 e. The van der Waals surface area contributed by atoms with E-state index in [1.165, 1.54) is 23.4 Å². The van der Waals surface area contributed by atoms with E-state index in [1.54, 1.807) is 11.8 Å². The predicted octanol–water partition coefficient (Wildman–Crippen LogP) is 4.47. The van der Waals surface area contributed by atoms with Crippen LogP contribution >= 0.6 is 11.8 Å². The SMILES string of the molecule is CCCNc1cc(C2CC2)nc(CSc2ccccc2)n1. The van der Waals surface area contributed by atoms with Gasteiger partial charge >= 0.3 is 0 Å². The summed E-state index contributed by atoms with van der Waals surface area (Å²) in [6, 6.07) is 12.6. The molecule has 1 saturated carbocycles. The Hall–Kier alpha value is -1.55. The number of anilines is 1. The molecule has 0 unspecified atom stereocenters. The van der Waals surface area contributed by atoms with E-state index in [-0.39, 0.29) is 0 Å². The Morgan fingerprint density at radius 3 is 2.71 bits per heavy atom. The Bertz CT molecular complexity index is 582. The number of rotatable bonds is 7. The van der Waals surface area contributed by atoms with Gasteiger partial charge < -0.3 is 5.32 Å². The number of nitrogens with one attached hydrogen (secondary N) is 1. The fourth-order valence-corrected chi connectivity index (χ4v) is 2.95. The van der Waals surface area contributed by atoms with E-state index in [0.29, 0.717) is 5.92 Å². The Morgan fingerprint density at radius 2 is 2.00 bits per heavy atom. The molecule has 3 nitrogen and oxygen atoms in total. The molecule has 1 N–H and O–H groups in total. The summed E-state index contributed by atoms with van der Waals surface area (Å²) in [5, 5.41) is 3.40. The molecule has 0 radical (unpaired) electrons. The van der Waals surface area contributed by atoms with Crippen molar-refractivity contribution in [2.75, 3.05) is 11.9 Å². The van der Waals surface area contributed by atoms with Gasteiger partial charge in [-0.15, -0.1) is 11.8 Å². The second-order valence-corrected chi connectivity index (χ2v) is 6.45. The number of benzene rings is 1. The van der Waals surface area contributed by atoms with Gasteiger partial charge in [-0.3, -0.25) is 0 Å². The van der Waals surface area contributed by atoms with Gasteiger partial charge in [0, 0.05) is 29.1 Å². The molecular weight excluding hydrogens is 278 g/mol. The summed E-state index contributed by atoms with van der Waals surface area (Å²) < 4.78 is 0. The monoisotopic (exact) mass is 299 g/mol. The fraction of sp³-hybridized carbons (Fsp3) is 0.412. The number of thioether (sulfide) groups is 1. The second-order valence-electron chi connectivity index (χ2n) is 5.40. The molecule has 1 aliphatic carbocycles. The van der Waals surface area contributed by atoms with E-state index in [9.17, 15) is 0 Å². The van der Waals surface area contributed by atoms with Gasteiger partial charge in [-0.2, -0.15) is 0 Å². The van der Waals surface area contributed by atoms with Crippen molar-refractivity contribution < 1.29 is 0 Å². The standard InChI is InChI=1S/C17H21N3S/c1-2-10-18-16-11-15(13-8-9-13)19-17(20-16)12-21-14-6-4-3-5-7-14/h3-7,11,13H,2,8-10,12H2,1H3,(H,18,19,20). The van der Waals surface area contributed by atoms with Gasteiger partial charge in [0.05, 0.1) is 5.75 Å². The van der Waals surface area contributed by atoms with Crippen LogP contribution < -0.4 is 5.32 Å². The third kappa shape index (κ3) is 4.21. The number of nitrogens with zero attached hydrogens (tertiary/aromatic N) is 2. The van der Waals surface area contributed by atoms with Crippen molar-refractivity contribution in [3.8, 4) is 0 Å². The first kappa shape index (κ1) is 14.4. The average Bonchev–Trinajstić information content (AvgIpc) is 3.37. The Balaban J connectivity index is 1.72. The zero-order valence-corrected chi connectivity index (χ0v) is 13.2. The molecule has 4 heteroatoms. The summed E-state index contributed by atoms with van der Waals surface area (Å²) in [5.74, 6) is 3.41. The topological polar surface area (TPSA) is 37.8 Å². The van der Waals surface area contributed by atoms with Crippen molar-refractivity contribution in [1.29, 1.82) is 0 Å². The van der Waals surface area contributed by atoms with Crippen LogP contribution in [-0.2, 0) is 5.75 Å². The molecule has 21 heavy (non-hydrogen) atoms. The summed E-state index contributed by atoms with van der Waals surface area (Å²) in [6.45, 7) is 3.13. The molecule has 0 bridgehead atoms. The average molecular weight is 299 g/mol. The molecule has 1 fully saturated rings. The van der Waals surface area contributed by atoms with Gasteiger partial charge in [0.15, 0.2) is 0 Å². The van der Waals surface area contributed by atoms with Crippen LogP contribution in [0.25, 0.3) is 0 Å². The second kappa shape index (κ2) is 6.94. The number of hydrogen-bond acceptors (Lipinski definition) is 4. The van der Waals surface area contributed by atoms with Crippen LogP contribution in [0.15, 0.2) is 41.3 Å². The normalized spacial score (nSPS) is 14.1. The first-order valence-electron chi connectivity index (χ1n) is 7.64. The minimum atomic E-state index is 0.663. The van der Waals surface area contributed by atoms with Gasteiger partial charge in [-0.05, 0) is 31.4 Å². The molecule has 0 atom stereocenters.